The molecular formula is C22H14F3NO3. The summed E-state index contributed by atoms with van der Waals surface area (Å²) in [5, 5.41) is -0.199. The summed E-state index contributed by atoms with van der Waals surface area (Å²) >= 11 is 0. The molecule has 2 aromatic heterocycles. The highest BCUT2D eigenvalue weighted by Crippen LogP contribution is 2.31. The molecule has 0 saturated carbocycles. The van der Waals surface area contributed by atoms with Crippen LogP contribution in [0.25, 0.3) is 16.4 Å². The van der Waals surface area contributed by atoms with Gasteiger partial charge >= 0.3 is 12.1 Å². The third-order valence-corrected chi connectivity index (χ3v) is 4.59. The third kappa shape index (κ3) is 3.47. The molecule has 2 heterocycles. The average Bonchev–Trinajstić information content (AvgIpc) is 2.72. The van der Waals surface area contributed by atoms with Gasteiger partial charge in [-0.05, 0) is 35.9 Å². The van der Waals surface area contributed by atoms with Gasteiger partial charge in [0.2, 0.25) is 5.43 Å². The first-order chi connectivity index (χ1) is 13.9. The number of carbonyl (C=O) groups is 1. The molecule has 0 amide bonds. The molecule has 0 unspecified atom stereocenters. The van der Waals surface area contributed by atoms with Crippen LogP contribution in [0.2, 0.25) is 0 Å². The van der Waals surface area contributed by atoms with Gasteiger partial charge in [0.25, 0.3) is 0 Å². The lowest BCUT2D eigenvalue weighted by molar-refractivity contribution is -0.137. The molecule has 0 aliphatic carbocycles. The Hall–Kier alpha value is -3.61. The number of alkyl halides is 3. The van der Waals surface area contributed by atoms with Crippen LogP contribution in [0.1, 0.15) is 21.5 Å². The number of fused-ring (bicyclic) bond motifs is 3. The molecule has 146 valence electrons. The first kappa shape index (κ1) is 18.7. The van der Waals surface area contributed by atoms with Crippen molar-refractivity contribution >= 4 is 22.4 Å². The van der Waals surface area contributed by atoms with Crippen molar-refractivity contribution in [1.29, 1.82) is 0 Å². The Labute approximate surface area is 162 Å². The molecule has 0 fully saturated rings. The van der Waals surface area contributed by atoms with Crippen molar-refractivity contribution in [2.75, 3.05) is 0 Å². The summed E-state index contributed by atoms with van der Waals surface area (Å²) in [7, 11) is 0. The zero-order valence-corrected chi connectivity index (χ0v) is 14.9. The Balaban J connectivity index is 1.88. The first-order valence-corrected chi connectivity index (χ1v) is 8.71. The maximum atomic E-state index is 13.1. The topological polar surface area (TPSA) is 47.8 Å². The van der Waals surface area contributed by atoms with Crippen LogP contribution in [0.4, 0.5) is 13.2 Å². The molecule has 4 rings (SSSR count). The van der Waals surface area contributed by atoms with Gasteiger partial charge in [-0.2, -0.15) is 13.2 Å². The number of hydrogen-bond donors (Lipinski definition) is 0. The van der Waals surface area contributed by atoms with Crippen LogP contribution in [-0.2, 0) is 17.5 Å². The van der Waals surface area contributed by atoms with Crippen LogP contribution in [0.15, 0.2) is 77.7 Å². The number of nitrogens with zero attached hydrogens (tertiary/aromatic N) is 1. The van der Waals surface area contributed by atoms with Crippen LogP contribution in [0.5, 0.6) is 0 Å². The van der Waals surface area contributed by atoms with E-state index >= 15 is 0 Å². The lowest BCUT2D eigenvalue weighted by Gasteiger charge is -2.13. The number of ether oxygens (including phenoxy) is 1. The number of halogens is 3. The van der Waals surface area contributed by atoms with E-state index in [-0.39, 0.29) is 28.6 Å². The highest BCUT2D eigenvalue weighted by molar-refractivity contribution is 6.01. The Morgan fingerprint density at radius 1 is 0.931 bits per heavy atom. The van der Waals surface area contributed by atoms with E-state index in [0.717, 1.165) is 17.7 Å². The number of aromatic nitrogens is 1. The van der Waals surface area contributed by atoms with Crippen LogP contribution in [0.3, 0.4) is 0 Å². The standard InChI is InChI=1S/C22H14F3NO3/c23-22(24,25)15-9-10-17-16(12-15)20(27)19(18-8-4-5-11-26(17)18)21(28)29-13-14-6-2-1-3-7-14/h1-12H,13H2. The minimum Gasteiger partial charge on any atom is -0.457 e. The first-order valence-electron chi connectivity index (χ1n) is 8.71. The molecule has 0 radical (unpaired) electrons. The fraction of sp³-hybridized carbons (Fsp3) is 0.0909. The molecule has 0 aliphatic heterocycles. The quantitative estimate of drug-likeness (QED) is 0.368. The van der Waals surface area contributed by atoms with Crippen molar-refractivity contribution in [3.05, 3.63) is 99.8 Å². The predicted octanol–water partition coefficient (Wildman–Crippen LogP) is 4.83. The zero-order chi connectivity index (χ0) is 20.6. The summed E-state index contributed by atoms with van der Waals surface area (Å²) in [6, 6.07) is 16.6. The van der Waals surface area contributed by atoms with E-state index in [0.29, 0.717) is 0 Å². The molecule has 0 bridgehead atoms. The number of rotatable bonds is 3. The normalized spacial score (nSPS) is 11.7. The molecule has 4 aromatic rings. The number of hydrogen-bond acceptors (Lipinski definition) is 3. The minimum absolute atomic E-state index is 0.0568. The summed E-state index contributed by atoms with van der Waals surface area (Å²) in [5.74, 6) is -0.887. The molecule has 0 saturated heterocycles. The van der Waals surface area contributed by atoms with Gasteiger partial charge in [0, 0.05) is 11.6 Å². The Kier molecular flexibility index (Phi) is 4.58. The van der Waals surface area contributed by atoms with Gasteiger partial charge in [-0.1, -0.05) is 36.4 Å². The van der Waals surface area contributed by atoms with Gasteiger partial charge in [-0.3, -0.25) is 4.79 Å². The summed E-state index contributed by atoms with van der Waals surface area (Å²) in [6.07, 6.45) is -3.02. The largest absolute Gasteiger partial charge is 0.457 e. The van der Waals surface area contributed by atoms with E-state index in [1.807, 2.05) is 6.07 Å². The van der Waals surface area contributed by atoms with Gasteiger partial charge in [-0.15, -0.1) is 0 Å². The molecule has 0 atom stereocenters. The van der Waals surface area contributed by atoms with Crippen LogP contribution < -0.4 is 5.43 Å². The molecule has 2 aromatic carbocycles. The van der Waals surface area contributed by atoms with E-state index in [1.54, 1.807) is 48.7 Å². The predicted molar refractivity (Wildman–Crippen MR) is 102 cm³/mol. The molecular weight excluding hydrogens is 383 g/mol. The van der Waals surface area contributed by atoms with Crippen molar-refractivity contribution in [1.82, 2.24) is 4.40 Å². The second-order valence-electron chi connectivity index (χ2n) is 6.45. The van der Waals surface area contributed by atoms with E-state index in [2.05, 4.69) is 0 Å². The lowest BCUT2D eigenvalue weighted by atomic mass is 10.1. The maximum Gasteiger partial charge on any atom is 0.416 e. The monoisotopic (exact) mass is 397 g/mol. The van der Waals surface area contributed by atoms with E-state index in [9.17, 15) is 22.8 Å². The fourth-order valence-corrected chi connectivity index (χ4v) is 3.20. The summed E-state index contributed by atoms with van der Waals surface area (Å²) in [6.45, 7) is -0.0568. The number of esters is 1. The van der Waals surface area contributed by atoms with Gasteiger partial charge in [-0.25, -0.2) is 4.79 Å². The molecule has 29 heavy (non-hydrogen) atoms. The molecule has 0 spiro atoms. The zero-order valence-electron chi connectivity index (χ0n) is 14.9. The van der Waals surface area contributed by atoms with E-state index < -0.39 is 23.1 Å². The van der Waals surface area contributed by atoms with E-state index in [1.165, 1.54) is 10.5 Å². The van der Waals surface area contributed by atoms with Crippen LogP contribution >= 0.6 is 0 Å². The van der Waals surface area contributed by atoms with Crippen molar-refractivity contribution < 1.29 is 22.7 Å². The lowest BCUT2D eigenvalue weighted by Crippen LogP contribution is -2.21. The highest BCUT2D eigenvalue weighted by Gasteiger charge is 2.31. The van der Waals surface area contributed by atoms with Crippen LogP contribution in [0, 0.1) is 0 Å². The summed E-state index contributed by atoms with van der Waals surface area (Å²) in [5.41, 5.74) is -0.781. The van der Waals surface area contributed by atoms with Gasteiger partial charge in [0.1, 0.15) is 12.2 Å². The van der Waals surface area contributed by atoms with Gasteiger partial charge in [0.05, 0.1) is 16.6 Å². The molecule has 4 nitrogen and oxygen atoms in total. The third-order valence-electron chi connectivity index (χ3n) is 4.59. The van der Waals surface area contributed by atoms with Gasteiger partial charge < -0.3 is 9.14 Å². The van der Waals surface area contributed by atoms with Crippen molar-refractivity contribution in [2.24, 2.45) is 0 Å². The number of pyridine rings is 2. The highest BCUT2D eigenvalue weighted by atomic mass is 19.4. The minimum atomic E-state index is -4.61. The average molecular weight is 397 g/mol. The second-order valence-corrected chi connectivity index (χ2v) is 6.45. The summed E-state index contributed by atoms with van der Waals surface area (Å²) in [4.78, 5) is 25.7. The number of benzene rings is 2. The SMILES string of the molecule is O=C(OCc1ccccc1)c1c(=O)c2cc(C(F)(F)F)ccc2n2ccccc12. The molecule has 0 N–H and O–H groups in total. The fourth-order valence-electron chi connectivity index (χ4n) is 3.20. The van der Waals surface area contributed by atoms with E-state index in [4.69, 9.17) is 4.74 Å². The van der Waals surface area contributed by atoms with Crippen molar-refractivity contribution in [3.63, 3.8) is 0 Å². The molecule has 7 heteroatoms. The van der Waals surface area contributed by atoms with Gasteiger partial charge in [0.15, 0.2) is 0 Å². The smallest absolute Gasteiger partial charge is 0.416 e. The van der Waals surface area contributed by atoms with Crippen LogP contribution in [-0.4, -0.2) is 10.4 Å². The van der Waals surface area contributed by atoms with Crippen molar-refractivity contribution in [2.45, 2.75) is 12.8 Å². The summed E-state index contributed by atoms with van der Waals surface area (Å²) < 4.78 is 46.2. The molecule has 0 aliphatic rings. The Bertz CT molecular complexity index is 1280. The number of carbonyl (C=O) groups excluding carboxylic acids is 1. The second kappa shape index (κ2) is 7.09. The Morgan fingerprint density at radius 2 is 1.66 bits per heavy atom. The van der Waals surface area contributed by atoms with Crippen molar-refractivity contribution in [3.8, 4) is 0 Å². The Morgan fingerprint density at radius 3 is 2.38 bits per heavy atom. The maximum absolute atomic E-state index is 13.1.